The Morgan fingerprint density at radius 3 is 2.71 bits per heavy atom. The molecule has 0 unspecified atom stereocenters. The summed E-state index contributed by atoms with van der Waals surface area (Å²) in [4.78, 5) is 0.206. The van der Waals surface area contributed by atoms with Gasteiger partial charge in [-0.15, -0.1) is 0 Å². The third kappa shape index (κ3) is 4.42. The first kappa shape index (κ1) is 16.7. The summed E-state index contributed by atoms with van der Waals surface area (Å²) in [6.45, 7) is 3.24. The Labute approximate surface area is 132 Å². The number of sulfonamides is 1. The minimum absolute atomic E-state index is 0.206. The Morgan fingerprint density at radius 1 is 1.38 bits per heavy atom. The number of hydrogen-bond acceptors (Lipinski definition) is 3. The first-order valence-electron chi connectivity index (χ1n) is 7.43. The molecule has 0 heterocycles. The average Bonchev–Trinajstić information content (AvgIpc) is 3.27. The molecule has 1 aromatic carbocycles. The van der Waals surface area contributed by atoms with Crippen molar-refractivity contribution in [1.29, 1.82) is 0 Å². The number of halogens is 1. The zero-order chi connectivity index (χ0) is 15.5. The SMILES string of the molecule is CCCCN(C)S(=O)(=O)c1cc(CNC2CC2)ccc1Cl. The molecule has 0 aliphatic heterocycles. The molecule has 0 saturated heterocycles. The maximum atomic E-state index is 12.6. The summed E-state index contributed by atoms with van der Waals surface area (Å²) < 4.78 is 26.5. The highest BCUT2D eigenvalue weighted by Crippen LogP contribution is 2.26. The fraction of sp³-hybridized carbons (Fsp3) is 0.600. The van der Waals surface area contributed by atoms with Crippen LogP contribution in [0.15, 0.2) is 23.1 Å². The van der Waals surface area contributed by atoms with Gasteiger partial charge in [0.1, 0.15) is 4.90 Å². The molecular formula is C15H23ClN2O2S. The molecule has 4 nitrogen and oxygen atoms in total. The molecule has 1 aliphatic carbocycles. The van der Waals surface area contributed by atoms with Crippen molar-refractivity contribution in [3.05, 3.63) is 28.8 Å². The molecule has 0 radical (unpaired) electrons. The third-order valence-electron chi connectivity index (χ3n) is 3.68. The van der Waals surface area contributed by atoms with E-state index in [1.807, 2.05) is 13.0 Å². The van der Waals surface area contributed by atoms with E-state index in [9.17, 15) is 8.42 Å². The van der Waals surface area contributed by atoms with Crippen molar-refractivity contribution in [2.45, 2.75) is 50.1 Å². The lowest BCUT2D eigenvalue weighted by Gasteiger charge is -2.18. The van der Waals surface area contributed by atoms with E-state index < -0.39 is 10.0 Å². The second-order valence-electron chi connectivity index (χ2n) is 5.60. The van der Waals surface area contributed by atoms with E-state index in [0.717, 1.165) is 18.4 Å². The Morgan fingerprint density at radius 2 is 2.10 bits per heavy atom. The van der Waals surface area contributed by atoms with E-state index in [1.54, 1.807) is 19.2 Å². The number of benzene rings is 1. The summed E-state index contributed by atoms with van der Waals surface area (Å²) in [6.07, 6.45) is 4.21. The molecule has 0 aromatic heterocycles. The van der Waals surface area contributed by atoms with Gasteiger partial charge in [0.25, 0.3) is 0 Å². The molecule has 1 saturated carbocycles. The Kier molecular flexibility index (Phi) is 5.66. The average molecular weight is 331 g/mol. The van der Waals surface area contributed by atoms with Crippen molar-refractivity contribution in [3.8, 4) is 0 Å². The predicted molar refractivity (Wildman–Crippen MR) is 86.0 cm³/mol. The summed E-state index contributed by atoms with van der Waals surface area (Å²) in [5.41, 5.74) is 0.953. The van der Waals surface area contributed by atoms with Crippen LogP contribution < -0.4 is 5.32 Å². The van der Waals surface area contributed by atoms with Gasteiger partial charge in [-0.1, -0.05) is 31.0 Å². The van der Waals surface area contributed by atoms with E-state index in [-0.39, 0.29) is 9.92 Å². The number of nitrogens with zero attached hydrogens (tertiary/aromatic N) is 1. The molecular weight excluding hydrogens is 308 g/mol. The normalized spacial score (nSPS) is 15.6. The lowest BCUT2D eigenvalue weighted by Crippen LogP contribution is -2.28. The lowest BCUT2D eigenvalue weighted by atomic mass is 10.2. The third-order valence-corrected chi connectivity index (χ3v) is 6.02. The van der Waals surface area contributed by atoms with Crippen molar-refractivity contribution in [2.24, 2.45) is 0 Å². The van der Waals surface area contributed by atoms with Gasteiger partial charge in [-0.3, -0.25) is 0 Å². The van der Waals surface area contributed by atoms with Gasteiger partial charge in [-0.2, -0.15) is 0 Å². The second kappa shape index (κ2) is 7.09. The second-order valence-corrected chi connectivity index (χ2v) is 8.02. The molecule has 1 N–H and O–H groups in total. The highest BCUT2D eigenvalue weighted by molar-refractivity contribution is 7.89. The topological polar surface area (TPSA) is 49.4 Å². The fourth-order valence-corrected chi connectivity index (χ4v) is 3.80. The summed E-state index contributed by atoms with van der Waals surface area (Å²) in [7, 11) is -1.91. The largest absolute Gasteiger partial charge is 0.310 e. The van der Waals surface area contributed by atoms with Gasteiger partial charge in [0.15, 0.2) is 0 Å². The van der Waals surface area contributed by atoms with E-state index in [4.69, 9.17) is 11.6 Å². The van der Waals surface area contributed by atoms with Crippen LogP contribution in [0, 0.1) is 0 Å². The van der Waals surface area contributed by atoms with Crippen LogP contribution in [0.5, 0.6) is 0 Å². The smallest absolute Gasteiger partial charge is 0.244 e. The standard InChI is InChI=1S/C15H23ClN2O2S/c1-3-4-9-18(2)21(19,20)15-10-12(5-8-14(15)16)11-17-13-6-7-13/h5,8,10,13,17H,3-4,6-7,9,11H2,1-2H3. The summed E-state index contributed by atoms with van der Waals surface area (Å²) in [6, 6.07) is 5.83. The van der Waals surface area contributed by atoms with Crippen molar-refractivity contribution in [1.82, 2.24) is 9.62 Å². The van der Waals surface area contributed by atoms with Gasteiger partial charge in [0.05, 0.1) is 5.02 Å². The summed E-state index contributed by atoms with van der Waals surface area (Å²) in [5, 5.41) is 3.67. The zero-order valence-corrected chi connectivity index (χ0v) is 14.2. The molecule has 2 rings (SSSR count). The maximum Gasteiger partial charge on any atom is 0.244 e. The molecule has 118 valence electrons. The molecule has 21 heavy (non-hydrogen) atoms. The first-order valence-corrected chi connectivity index (χ1v) is 9.25. The number of nitrogens with one attached hydrogen (secondary N) is 1. The molecule has 0 spiro atoms. The minimum Gasteiger partial charge on any atom is -0.310 e. The van der Waals surface area contributed by atoms with Gasteiger partial charge in [0, 0.05) is 26.2 Å². The van der Waals surface area contributed by atoms with Crippen molar-refractivity contribution in [2.75, 3.05) is 13.6 Å². The minimum atomic E-state index is -3.51. The van der Waals surface area contributed by atoms with Crippen molar-refractivity contribution >= 4 is 21.6 Å². The van der Waals surface area contributed by atoms with E-state index in [2.05, 4.69) is 5.32 Å². The van der Waals surface area contributed by atoms with Crippen LogP contribution in [0.1, 0.15) is 38.2 Å². The van der Waals surface area contributed by atoms with Gasteiger partial charge < -0.3 is 5.32 Å². The van der Waals surface area contributed by atoms with Gasteiger partial charge in [0.2, 0.25) is 10.0 Å². The van der Waals surface area contributed by atoms with Gasteiger partial charge in [-0.05, 0) is 37.0 Å². The molecule has 1 fully saturated rings. The molecule has 1 aliphatic rings. The zero-order valence-electron chi connectivity index (χ0n) is 12.6. The fourth-order valence-electron chi connectivity index (χ4n) is 2.07. The maximum absolute atomic E-state index is 12.6. The first-order chi connectivity index (χ1) is 9.95. The molecule has 0 bridgehead atoms. The van der Waals surface area contributed by atoms with Crippen LogP contribution in [0.3, 0.4) is 0 Å². The number of hydrogen-bond donors (Lipinski definition) is 1. The Bertz CT molecular complexity index is 585. The van der Waals surface area contributed by atoms with Crippen LogP contribution in [0.2, 0.25) is 5.02 Å². The van der Waals surface area contributed by atoms with Crippen LogP contribution >= 0.6 is 11.6 Å². The van der Waals surface area contributed by atoms with E-state index in [0.29, 0.717) is 19.1 Å². The number of rotatable bonds is 8. The summed E-state index contributed by atoms with van der Waals surface area (Å²) >= 11 is 6.11. The predicted octanol–water partition coefficient (Wildman–Crippen LogP) is 3.01. The lowest BCUT2D eigenvalue weighted by molar-refractivity contribution is 0.459. The highest BCUT2D eigenvalue weighted by atomic mass is 35.5. The van der Waals surface area contributed by atoms with Crippen LogP contribution in [-0.4, -0.2) is 32.4 Å². The summed E-state index contributed by atoms with van der Waals surface area (Å²) in [5.74, 6) is 0. The monoisotopic (exact) mass is 330 g/mol. The van der Waals surface area contributed by atoms with Gasteiger partial charge in [-0.25, -0.2) is 12.7 Å². The Hall–Kier alpha value is -0.620. The highest BCUT2D eigenvalue weighted by Gasteiger charge is 2.24. The molecule has 1 aromatic rings. The molecule has 0 atom stereocenters. The van der Waals surface area contributed by atoms with Crippen molar-refractivity contribution < 1.29 is 8.42 Å². The quantitative estimate of drug-likeness (QED) is 0.797. The van der Waals surface area contributed by atoms with E-state index in [1.165, 1.54) is 17.1 Å². The Balaban J connectivity index is 2.17. The number of unbranched alkanes of at least 4 members (excludes halogenated alkanes) is 1. The van der Waals surface area contributed by atoms with E-state index >= 15 is 0 Å². The van der Waals surface area contributed by atoms with Gasteiger partial charge >= 0.3 is 0 Å². The van der Waals surface area contributed by atoms with Crippen LogP contribution in [0.4, 0.5) is 0 Å². The van der Waals surface area contributed by atoms with Crippen LogP contribution in [0.25, 0.3) is 0 Å². The van der Waals surface area contributed by atoms with Crippen molar-refractivity contribution in [3.63, 3.8) is 0 Å². The molecule has 6 heteroatoms. The molecule has 0 amide bonds. The van der Waals surface area contributed by atoms with Crippen LogP contribution in [-0.2, 0) is 16.6 Å².